The van der Waals surface area contributed by atoms with Crippen LogP contribution in [0.4, 0.5) is 0 Å². The minimum atomic E-state index is -0.733. The van der Waals surface area contributed by atoms with E-state index in [2.05, 4.69) is 5.32 Å². The van der Waals surface area contributed by atoms with Crippen molar-refractivity contribution in [2.45, 2.75) is 6.42 Å². The molecule has 0 aliphatic rings. The number of halogens is 1. The second-order valence-corrected chi connectivity index (χ2v) is 5.03. The van der Waals surface area contributed by atoms with Gasteiger partial charge in [-0.2, -0.15) is 0 Å². The Labute approximate surface area is 122 Å². The smallest absolute Gasteiger partial charge is 0.287 e. The molecule has 0 heterocycles. The first kappa shape index (κ1) is 16.3. The molecule has 0 atom stereocenters. The average molecular weight is 297 g/mol. The monoisotopic (exact) mass is 296 g/mol. The fourth-order valence-electron chi connectivity index (χ4n) is 1.46. The highest BCUT2D eigenvalue weighted by atomic mass is 35.5. The van der Waals surface area contributed by atoms with E-state index in [-0.39, 0.29) is 0 Å². The van der Waals surface area contributed by atoms with Gasteiger partial charge in [0.1, 0.15) is 0 Å². The fraction of sp³-hybridized carbons (Fsp3) is 0.357. The molecule has 0 fully saturated rings. The van der Waals surface area contributed by atoms with Crippen molar-refractivity contribution in [3.63, 3.8) is 0 Å². The number of carbonyl (C=O) groups is 3. The molecular weight excluding hydrogens is 280 g/mol. The third-order valence-electron chi connectivity index (χ3n) is 2.59. The zero-order valence-electron chi connectivity index (χ0n) is 11.5. The summed E-state index contributed by atoms with van der Waals surface area (Å²) in [6.45, 7) is 0.997. The van der Waals surface area contributed by atoms with E-state index < -0.39 is 23.9 Å². The third-order valence-corrected chi connectivity index (χ3v) is 2.84. The lowest BCUT2D eigenvalue weighted by Crippen LogP contribution is -2.36. The minimum Gasteiger partial charge on any atom is -0.348 e. The average Bonchev–Trinajstić information content (AvgIpc) is 2.38. The molecule has 1 rings (SSSR count). The standard InChI is InChI=1S/C14H17ClN2O3/c1-17(2)8-7-16-14(20)13(19)9-12(18)10-3-5-11(15)6-4-10/h3-6H,7-9H2,1-2H3,(H,16,20). The van der Waals surface area contributed by atoms with E-state index in [9.17, 15) is 14.4 Å². The molecule has 1 aromatic rings. The van der Waals surface area contributed by atoms with Gasteiger partial charge in [-0.05, 0) is 38.4 Å². The first-order chi connectivity index (χ1) is 9.40. The van der Waals surface area contributed by atoms with Crippen LogP contribution < -0.4 is 5.32 Å². The fourth-order valence-corrected chi connectivity index (χ4v) is 1.58. The van der Waals surface area contributed by atoms with E-state index in [0.29, 0.717) is 23.7 Å². The number of amides is 1. The molecule has 0 saturated heterocycles. The van der Waals surface area contributed by atoms with Crippen LogP contribution in [0.25, 0.3) is 0 Å². The topological polar surface area (TPSA) is 66.5 Å². The maximum atomic E-state index is 11.8. The Hall–Kier alpha value is -1.72. The van der Waals surface area contributed by atoms with Crippen LogP contribution in [0.1, 0.15) is 16.8 Å². The summed E-state index contributed by atoms with van der Waals surface area (Å²) in [4.78, 5) is 36.8. The summed E-state index contributed by atoms with van der Waals surface area (Å²) in [5, 5.41) is 2.98. The summed E-state index contributed by atoms with van der Waals surface area (Å²) in [6, 6.07) is 6.19. The lowest BCUT2D eigenvalue weighted by molar-refractivity contribution is -0.137. The maximum Gasteiger partial charge on any atom is 0.287 e. The highest BCUT2D eigenvalue weighted by molar-refractivity contribution is 6.40. The maximum absolute atomic E-state index is 11.8. The van der Waals surface area contributed by atoms with E-state index in [0.717, 1.165) is 0 Å². The van der Waals surface area contributed by atoms with E-state index >= 15 is 0 Å². The number of nitrogens with one attached hydrogen (secondary N) is 1. The van der Waals surface area contributed by atoms with Gasteiger partial charge in [0.2, 0.25) is 5.78 Å². The first-order valence-corrected chi connectivity index (χ1v) is 6.52. The number of Topliss-reactive ketones (excluding diaryl/α,β-unsaturated/α-hetero) is 2. The van der Waals surface area contributed by atoms with Crippen LogP contribution in [0, 0.1) is 0 Å². The van der Waals surface area contributed by atoms with Crippen LogP contribution in [0.3, 0.4) is 0 Å². The zero-order valence-corrected chi connectivity index (χ0v) is 12.2. The summed E-state index contributed by atoms with van der Waals surface area (Å²) < 4.78 is 0. The Balaban J connectivity index is 2.47. The number of hydrogen-bond donors (Lipinski definition) is 1. The van der Waals surface area contributed by atoms with Gasteiger partial charge in [0.15, 0.2) is 5.78 Å². The zero-order chi connectivity index (χ0) is 15.1. The number of ketones is 2. The Kier molecular flexibility index (Phi) is 6.35. The van der Waals surface area contributed by atoms with Gasteiger partial charge in [0.05, 0.1) is 6.42 Å². The number of carbonyl (C=O) groups excluding carboxylic acids is 3. The Morgan fingerprint density at radius 1 is 1.15 bits per heavy atom. The molecular formula is C14H17ClN2O3. The van der Waals surface area contributed by atoms with Gasteiger partial charge in [-0.1, -0.05) is 11.6 Å². The second kappa shape index (κ2) is 7.77. The predicted molar refractivity (Wildman–Crippen MR) is 77.0 cm³/mol. The summed E-state index contributed by atoms with van der Waals surface area (Å²) in [7, 11) is 3.72. The van der Waals surface area contributed by atoms with Crippen LogP contribution in [-0.2, 0) is 9.59 Å². The van der Waals surface area contributed by atoms with E-state index in [1.807, 2.05) is 19.0 Å². The van der Waals surface area contributed by atoms with Gasteiger partial charge in [0, 0.05) is 23.7 Å². The minimum absolute atomic E-state index is 0.365. The Bertz CT molecular complexity index is 498. The summed E-state index contributed by atoms with van der Waals surface area (Å²) in [5.74, 6) is -1.85. The van der Waals surface area contributed by atoms with Crippen molar-refractivity contribution < 1.29 is 14.4 Å². The van der Waals surface area contributed by atoms with Crippen LogP contribution in [0.15, 0.2) is 24.3 Å². The van der Waals surface area contributed by atoms with Crippen molar-refractivity contribution >= 4 is 29.1 Å². The number of likely N-dealkylation sites (N-methyl/N-ethyl adjacent to an activating group) is 1. The van der Waals surface area contributed by atoms with Crippen LogP contribution in [0.2, 0.25) is 5.02 Å². The van der Waals surface area contributed by atoms with Gasteiger partial charge < -0.3 is 10.2 Å². The molecule has 0 radical (unpaired) electrons. The predicted octanol–water partition coefficient (Wildman–Crippen LogP) is 1.16. The third kappa shape index (κ3) is 5.50. The SMILES string of the molecule is CN(C)CCNC(=O)C(=O)CC(=O)c1ccc(Cl)cc1. The highest BCUT2D eigenvalue weighted by Crippen LogP contribution is 2.11. The molecule has 1 aromatic carbocycles. The Morgan fingerprint density at radius 2 is 1.75 bits per heavy atom. The molecule has 0 spiro atoms. The summed E-state index contributed by atoms with van der Waals surface area (Å²) in [5.41, 5.74) is 0.365. The van der Waals surface area contributed by atoms with Gasteiger partial charge in [-0.15, -0.1) is 0 Å². The summed E-state index contributed by atoms with van der Waals surface area (Å²) in [6.07, 6.45) is -0.435. The van der Waals surface area contributed by atoms with Crippen molar-refractivity contribution in [1.29, 1.82) is 0 Å². The van der Waals surface area contributed by atoms with Gasteiger partial charge in [0.25, 0.3) is 5.91 Å². The van der Waals surface area contributed by atoms with Crippen molar-refractivity contribution in [2.24, 2.45) is 0 Å². The molecule has 0 saturated carbocycles. The van der Waals surface area contributed by atoms with Crippen LogP contribution >= 0.6 is 11.6 Å². The van der Waals surface area contributed by atoms with Crippen LogP contribution in [0.5, 0.6) is 0 Å². The lowest BCUT2D eigenvalue weighted by atomic mass is 10.1. The normalized spacial score (nSPS) is 10.4. The number of hydrogen-bond acceptors (Lipinski definition) is 4. The quantitative estimate of drug-likeness (QED) is 0.466. The van der Waals surface area contributed by atoms with Crippen molar-refractivity contribution in [1.82, 2.24) is 10.2 Å². The van der Waals surface area contributed by atoms with Crippen molar-refractivity contribution in [3.05, 3.63) is 34.9 Å². The van der Waals surface area contributed by atoms with Crippen LogP contribution in [-0.4, -0.2) is 49.6 Å². The van der Waals surface area contributed by atoms with Crippen molar-refractivity contribution in [2.75, 3.05) is 27.2 Å². The molecule has 0 bridgehead atoms. The second-order valence-electron chi connectivity index (χ2n) is 4.59. The van der Waals surface area contributed by atoms with Gasteiger partial charge >= 0.3 is 0 Å². The molecule has 0 aliphatic heterocycles. The highest BCUT2D eigenvalue weighted by Gasteiger charge is 2.18. The van der Waals surface area contributed by atoms with E-state index in [1.165, 1.54) is 12.1 Å². The molecule has 0 unspecified atom stereocenters. The lowest BCUT2D eigenvalue weighted by Gasteiger charge is -2.09. The van der Waals surface area contributed by atoms with Gasteiger partial charge in [-0.3, -0.25) is 14.4 Å². The Morgan fingerprint density at radius 3 is 2.30 bits per heavy atom. The molecule has 20 heavy (non-hydrogen) atoms. The van der Waals surface area contributed by atoms with Crippen molar-refractivity contribution in [3.8, 4) is 0 Å². The molecule has 6 heteroatoms. The molecule has 1 N–H and O–H groups in total. The van der Waals surface area contributed by atoms with Gasteiger partial charge in [-0.25, -0.2) is 0 Å². The molecule has 0 aromatic heterocycles. The number of nitrogens with zero attached hydrogens (tertiary/aromatic N) is 1. The van der Waals surface area contributed by atoms with E-state index in [1.54, 1.807) is 12.1 Å². The molecule has 0 aliphatic carbocycles. The van der Waals surface area contributed by atoms with E-state index in [4.69, 9.17) is 11.6 Å². The number of benzene rings is 1. The molecule has 108 valence electrons. The molecule has 1 amide bonds. The first-order valence-electron chi connectivity index (χ1n) is 6.14. The summed E-state index contributed by atoms with van der Waals surface area (Å²) >= 11 is 5.71. The largest absolute Gasteiger partial charge is 0.348 e. The molecule has 5 nitrogen and oxygen atoms in total. The number of rotatable bonds is 7.